The molecule has 0 aliphatic carbocycles. The van der Waals surface area contributed by atoms with E-state index < -0.39 is 5.97 Å². The summed E-state index contributed by atoms with van der Waals surface area (Å²) in [6.07, 6.45) is 3.92. The Morgan fingerprint density at radius 1 is 1.18 bits per heavy atom. The van der Waals surface area contributed by atoms with Crippen molar-refractivity contribution in [3.05, 3.63) is 36.0 Å². The maximum Gasteiger partial charge on any atom is 0.306 e. The number of carbonyl (C=O) groups is 1. The van der Waals surface area contributed by atoms with E-state index in [1.165, 1.54) is 0 Å². The molecule has 0 saturated heterocycles. The number of rotatable bonds is 8. The van der Waals surface area contributed by atoms with Gasteiger partial charge in [0.1, 0.15) is 0 Å². The highest BCUT2D eigenvalue weighted by Crippen LogP contribution is 2.25. The van der Waals surface area contributed by atoms with E-state index in [-0.39, 0.29) is 18.4 Å². The number of benzene rings is 1. The number of aliphatic carboxylic acids is 1. The van der Waals surface area contributed by atoms with Gasteiger partial charge in [0.2, 0.25) is 0 Å². The first-order valence-corrected chi connectivity index (χ1v) is 7.91. The molecular formula is C18H25NO3. The number of hydrogen-bond acceptors (Lipinski definition) is 2. The quantitative estimate of drug-likeness (QED) is 0.699. The summed E-state index contributed by atoms with van der Waals surface area (Å²) < 4.78 is 0. The smallest absolute Gasteiger partial charge is 0.306 e. The molecule has 0 aliphatic heterocycles. The number of aliphatic hydroxyl groups excluding tert-OH is 1. The molecule has 1 heterocycles. The minimum absolute atomic E-state index is 0.154. The van der Waals surface area contributed by atoms with Gasteiger partial charge in [-0.25, -0.2) is 0 Å². The van der Waals surface area contributed by atoms with Crippen LogP contribution < -0.4 is 0 Å². The van der Waals surface area contributed by atoms with Gasteiger partial charge in [0, 0.05) is 23.7 Å². The van der Waals surface area contributed by atoms with Crippen LogP contribution in [0.5, 0.6) is 0 Å². The molecule has 2 rings (SSSR count). The Labute approximate surface area is 131 Å². The molecule has 0 aliphatic rings. The molecule has 1 aromatic carbocycles. The van der Waals surface area contributed by atoms with Crippen molar-refractivity contribution in [1.82, 2.24) is 4.98 Å². The third kappa shape index (κ3) is 3.89. The molecule has 0 amide bonds. The molecular weight excluding hydrogens is 278 g/mol. The predicted molar refractivity (Wildman–Crippen MR) is 87.8 cm³/mol. The summed E-state index contributed by atoms with van der Waals surface area (Å²) in [7, 11) is 0. The number of carboxylic acids is 1. The van der Waals surface area contributed by atoms with E-state index in [2.05, 4.69) is 11.9 Å². The number of H-pyrrole nitrogens is 1. The van der Waals surface area contributed by atoms with Crippen LogP contribution in [0, 0.1) is 17.8 Å². The molecule has 1 aromatic heterocycles. The number of aliphatic hydroxyl groups is 1. The normalized spacial score (nSPS) is 15.6. The number of hydrogen-bond donors (Lipinski definition) is 3. The molecule has 4 heteroatoms. The fourth-order valence-corrected chi connectivity index (χ4v) is 2.81. The zero-order valence-corrected chi connectivity index (χ0v) is 13.2. The zero-order chi connectivity index (χ0) is 16.1. The lowest BCUT2D eigenvalue weighted by molar-refractivity contribution is -0.142. The summed E-state index contributed by atoms with van der Waals surface area (Å²) in [4.78, 5) is 14.8. The van der Waals surface area contributed by atoms with E-state index in [0.717, 1.165) is 22.9 Å². The molecule has 2 aromatic rings. The zero-order valence-electron chi connectivity index (χ0n) is 13.2. The molecule has 2 unspecified atom stereocenters. The fourth-order valence-electron chi connectivity index (χ4n) is 2.81. The lowest BCUT2D eigenvalue weighted by Gasteiger charge is -2.19. The summed E-state index contributed by atoms with van der Waals surface area (Å²) in [5.74, 6) is -0.584. The lowest BCUT2D eigenvalue weighted by Crippen LogP contribution is -2.19. The molecule has 0 saturated carbocycles. The third-order valence-corrected chi connectivity index (χ3v) is 4.72. The summed E-state index contributed by atoms with van der Waals surface area (Å²) in [5.41, 5.74) is 2.11. The average Bonchev–Trinajstić information content (AvgIpc) is 2.93. The van der Waals surface area contributed by atoms with Crippen molar-refractivity contribution < 1.29 is 15.0 Å². The SMILES string of the molecule is CC(CCC(Cc1c[nH]c2ccccc12)C(=O)O)[C@H](C)CO. The van der Waals surface area contributed by atoms with Gasteiger partial charge in [-0.1, -0.05) is 32.0 Å². The molecule has 22 heavy (non-hydrogen) atoms. The van der Waals surface area contributed by atoms with Gasteiger partial charge in [-0.3, -0.25) is 4.79 Å². The van der Waals surface area contributed by atoms with Crippen molar-refractivity contribution in [2.75, 3.05) is 6.61 Å². The van der Waals surface area contributed by atoms with Gasteiger partial charge in [0.15, 0.2) is 0 Å². The van der Waals surface area contributed by atoms with E-state index in [4.69, 9.17) is 0 Å². The second kappa shape index (κ2) is 7.45. The van der Waals surface area contributed by atoms with Crippen LogP contribution in [0.1, 0.15) is 32.3 Å². The van der Waals surface area contributed by atoms with Crippen LogP contribution in [0.4, 0.5) is 0 Å². The van der Waals surface area contributed by atoms with Crippen molar-refractivity contribution in [2.24, 2.45) is 17.8 Å². The van der Waals surface area contributed by atoms with E-state index in [9.17, 15) is 15.0 Å². The third-order valence-electron chi connectivity index (χ3n) is 4.72. The highest BCUT2D eigenvalue weighted by molar-refractivity contribution is 5.83. The first-order chi connectivity index (χ1) is 10.5. The van der Waals surface area contributed by atoms with Crippen LogP contribution in [0.25, 0.3) is 10.9 Å². The predicted octanol–water partition coefficient (Wildman–Crippen LogP) is 3.46. The molecule has 3 N–H and O–H groups in total. The van der Waals surface area contributed by atoms with Gasteiger partial charge in [0.05, 0.1) is 5.92 Å². The van der Waals surface area contributed by atoms with Gasteiger partial charge in [0.25, 0.3) is 0 Å². The van der Waals surface area contributed by atoms with Gasteiger partial charge >= 0.3 is 5.97 Å². The molecule has 0 spiro atoms. The van der Waals surface area contributed by atoms with Crippen LogP contribution in [0.15, 0.2) is 30.5 Å². The summed E-state index contributed by atoms with van der Waals surface area (Å²) in [5, 5.41) is 19.8. The highest BCUT2D eigenvalue weighted by atomic mass is 16.4. The number of para-hydroxylation sites is 1. The average molecular weight is 303 g/mol. The Morgan fingerprint density at radius 2 is 1.91 bits per heavy atom. The Kier molecular flexibility index (Phi) is 5.61. The highest BCUT2D eigenvalue weighted by Gasteiger charge is 2.22. The van der Waals surface area contributed by atoms with Crippen molar-refractivity contribution in [3.63, 3.8) is 0 Å². The summed E-state index contributed by atoms with van der Waals surface area (Å²) in [6, 6.07) is 7.96. The first-order valence-electron chi connectivity index (χ1n) is 7.91. The van der Waals surface area contributed by atoms with E-state index in [1.807, 2.05) is 37.4 Å². The number of nitrogens with one attached hydrogen (secondary N) is 1. The standard InChI is InChI=1S/C18H25NO3/c1-12(13(2)11-20)7-8-14(18(21)22)9-15-10-19-17-6-4-3-5-16(15)17/h3-6,10,12-14,19-20H,7-9,11H2,1-2H3,(H,21,22)/t12?,13-,14?/m1/s1. The number of aromatic amines is 1. The van der Waals surface area contributed by atoms with E-state index in [1.54, 1.807) is 0 Å². The van der Waals surface area contributed by atoms with Crippen LogP contribution in [0.3, 0.4) is 0 Å². The Bertz CT molecular complexity index is 620. The van der Waals surface area contributed by atoms with Gasteiger partial charge in [-0.2, -0.15) is 0 Å². The Balaban J connectivity index is 2.04. The van der Waals surface area contributed by atoms with E-state index in [0.29, 0.717) is 18.8 Å². The largest absolute Gasteiger partial charge is 0.481 e. The molecule has 0 radical (unpaired) electrons. The Hall–Kier alpha value is -1.81. The van der Waals surface area contributed by atoms with Crippen LogP contribution >= 0.6 is 0 Å². The van der Waals surface area contributed by atoms with Crippen molar-refractivity contribution in [3.8, 4) is 0 Å². The molecule has 4 nitrogen and oxygen atoms in total. The molecule has 3 atom stereocenters. The maximum atomic E-state index is 11.6. The van der Waals surface area contributed by atoms with Gasteiger partial charge in [-0.05, 0) is 42.7 Å². The van der Waals surface area contributed by atoms with Gasteiger partial charge < -0.3 is 15.2 Å². The Morgan fingerprint density at radius 3 is 2.59 bits per heavy atom. The van der Waals surface area contributed by atoms with Crippen molar-refractivity contribution in [2.45, 2.75) is 33.1 Å². The number of aromatic nitrogens is 1. The second-order valence-electron chi connectivity index (χ2n) is 6.31. The number of carboxylic acid groups (broad SMARTS) is 1. The molecule has 120 valence electrons. The first kappa shape index (κ1) is 16.6. The minimum Gasteiger partial charge on any atom is -0.481 e. The van der Waals surface area contributed by atoms with E-state index >= 15 is 0 Å². The molecule has 0 fully saturated rings. The fraction of sp³-hybridized carbons (Fsp3) is 0.500. The maximum absolute atomic E-state index is 11.6. The second-order valence-corrected chi connectivity index (χ2v) is 6.31. The van der Waals surface area contributed by atoms with Gasteiger partial charge in [-0.15, -0.1) is 0 Å². The lowest BCUT2D eigenvalue weighted by atomic mass is 9.86. The molecule has 0 bridgehead atoms. The van der Waals surface area contributed by atoms with Crippen LogP contribution in [0.2, 0.25) is 0 Å². The minimum atomic E-state index is -0.742. The van der Waals surface area contributed by atoms with Crippen LogP contribution in [-0.4, -0.2) is 27.8 Å². The van der Waals surface area contributed by atoms with Crippen molar-refractivity contribution in [1.29, 1.82) is 0 Å². The van der Waals surface area contributed by atoms with Crippen molar-refractivity contribution >= 4 is 16.9 Å². The van der Waals surface area contributed by atoms with Crippen LogP contribution in [-0.2, 0) is 11.2 Å². The monoisotopic (exact) mass is 303 g/mol. The summed E-state index contributed by atoms with van der Waals surface area (Å²) >= 11 is 0. The number of fused-ring (bicyclic) bond motifs is 1. The summed E-state index contributed by atoms with van der Waals surface area (Å²) in [6.45, 7) is 4.23. The topological polar surface area (TPSA) is 73.3 Å².